The predicted molar refractivity (Wildman–Crippen MR) is 82.5 cm³/mol. The van der Waals surface area contributed by atoms with Crippen LogP contribution in [-0.2, 0) is 0 Å². The van der Waals surface area contributed by atoms with Crippen LogP contribution in [0.3, 0.4) is 0 Å². The summed E-state index contributed by atoms with van der Waals surface area (Å²) in [7, 11) is 0. The van der Waals surface area contributed by atoms with Gasteiger partial charge in [0.1, 0.15) is 0 Å². The molecule has 1 saturated carbocycles. The summed E-state index contributed by atoms with van der Waals surface area (Å²) < 4.78 is 1.02. The molecule has 0 radical (unpaired) electrons. The van der Waals surface area contributed by atoms with Gasteiger partial charge in [-0.15, -0.1) is 0 Å². The third kappa shape index (κ3) is 4.73. The molecule has 19 heavy (non-hydrogen) atoms. The summed E-state index contributed by atoms with van der Waals surface area (Å²) in [6, 6.07) is 8.32. The zero-order valence-corrected chi connectivity index (χ0v) is 13.3. The lowest BCUT2D eigenvalue weighted by Crippen LogP contribution is -2.33. The van der Waals surface area contributed by atoms with Crippen molar-refractivity contribution in [1.82, 2.24) is 4.90 Å². The standard InChI is InChI=1S/C16H22BrNO/c1-12(2)9-10-18(15-7-8-15)11-16(19)13-3-5-14(17)6-4-13/h3-6,12,15H,7-11H2,1-2H3. The molecule has 1 fully saturated rings. The predicted octanol–water partition coefficient (Wildman–Crippen LogP) is 4.14. The number of hydrogen-bond donors (Lipinski definition) is 0. The summed E-state index contributed by atoms with van der Waals surface area (Å²) in [5, 5.41) is 0. The van der Waals surface area contributed by atoms with E-state index in [0.29, 0.717) is 18.5 Å². The number of Topliss-reactive ketones (excluding diaryl/α,β-unsaturated/α-hetero) is 1. The van der Waals surface area contributed by atoms with Crippen molar-refractivity contribution in [2.24, 2.45) is 5.92 Å². The number of carbonyl (C=O) groups excluding carboxylic acids is 1. The van der Waals surface area contributed by atoms with Gasteiger partial charge in [0.2, 0.25) is 0 Å². The van der Waals surface area contributed by atoms with Crippen LogP contribution in [0.5, 0.6) is 0 Å². The summed E-state index contributed by atoms with van der Waals surface area (Å²) >= 11 is 3.40. The van der Waals surface area contributed by atoms with Crippen LogP contribution in [0.2, 0.25) is 0 Å². The Bertz CT molecular complexity index is 423. The van der Waals surface area contributed by atoms with Crippen LogP contribution in [0, 0.1) is 5.92 Å². The van der Waals surface area contributed by atoms with E-state index in [9.17, 15) is 4.79 Å². The highest BCUT2D eigenvalue weighted by Crippen LogP contribution is 2.27. The van der Waals surface area contributed by atoms with Gasteiger partial charge in [0.05, 0.1) is 6.54 Å². The molecule has 0 atom stereocenters. The number of halogens is 1. The van der Waals surface area contributed by atoms with E-state index < -0.39 is 0 Å². The number of ketones is 1. The second-order valence-electron chi connectivity index (χ2n) is 5.81. The number of carbonyl (C=O) groups is 1. The summed E-state index contributed by atoms with van der Waals surface area (Å²) in [4.78, 5) is 14.7. The smallest absolute Gasteiger partial charge is 0.176 e. The van der Waals surface area contributed by atoms with Crippen LogP contribution < -0.4 is 0 Å². The second-order valence-corrected chi connectivity index (χ2v) is 6.73. The van der Waals surface area contributed by atoms with Gasteiger partial charge < -0.3 is 0 Å². The van der Waals surface area contributed by atoms with E-state index in [1.165, 1.54) is 19.3 Å². The van der Waals surface area contributed by atoms with Crippen LogP contribution >= 0.6 is 15.9 Å². The Kier molecular flexibility index (Phi) is 5.17. The van der Waals surface area contributed by atoms with Crippen molar-refractivity contribution in [3.63, 3.8) is 0 Å². The lowest BCUT2D eigenvalue weighted by molar-refractivity contribution is 0.0920. The van der Waals surface area contributed by atoms with Crippen molar-refractivity contribution in [1.29, 1.82) is 0 Å². The summed E-state index contributed by atoms with van der Waals surface area (Å²) in [5.41, 5.74) is 0.818. The SMILES string of the molecule is CC(C)CCN(CC(=O)c1ccc(Br)cc1)C1CC1. The lowest BCUT2D eigenvalue weighted by Gasteiger charge is -2.22. The molecule has 2 nitrogen and oxygen atoms in total. The van der Waals surface area contributed by atoms with Gasteiger partial charge in [-0.1, -0.05) is 41.9 Å². The fourth-order valence-electron chi connectivity index (χ4n) is 2.17. The molecule has 0 N–H and O–H groups in total. The minimum Gasteiger partial charge on any atom is -0.293 e. The molecule has 1 aliphatic carbocycles. The van der Waals surface area contributed by atoms with Gasteiger partial charge in [-0.25, -0.2) is 0 Å². The lowest BCUT2D eigenvalue weighted by atomic mass is 10.1. The van der Waals surface area contributed by atoms with Gasteiger partial charge in [0.15, 0.2) is 5.78 Å². The van der Waals surface area contributed by atoms with E-state index in [4.69, 9.17) is 0 Å². The average molecular weight is 324 g/mol. The molecule has 1 aliphatic rings. The normalized spacial score (nSPS) is 15.2. The van der Waals surface area contributed by atoms with Gasteiger partial charge in [0.25, 0.3) is 0 Å². The van der Waals surface area contributed by atoms with Crippen LogP contribution in [0.4, 0.5) is 0 Å². The topological polar surface area (TPSA) is 20.3 Å². The number of rotatable bonds is 7. The van der Waals surface area contributed by atoms with Gasteiger partial charge in [-0.3, -0.25) is 9.69 Å². The molecule has 1 aromatic rings. The van der Waals surface area contributed by atoms with E-state index in [1.54, 1.807) is 0 Å². The first-order chi connectivity index (χ1) is 9.06. The molecule has 1 aromatic carbocycles. The fourth-order valence-corrected chi connectivity index (χ4v) is 2.43. The van der Waals surface area contributed by atoms with Gasteiger partial charge >= 0.3 is 0 Å². The highest BCUT2D eigenvalue weighted by Gasteiger charge is 2.30. The minimum atomic E-state index is 0.239. The van der Waals surface area contributed by atoms with Crippen LogP contribution in [0.1, 0.15) is 43.5 Å². The van der Waals surface area contributed by atoms with Crippen LogP contribution in [-0.4, -0.2) is 29.8 Å². The fraction of sp³-hybridized carbons (Fsp3) is 0.562. The molecule has 104 valence electrons. The average Bonchev–Trinajstić information content (AvgIpc) is 3.19. The molecule has 0 spiro atoms. The van der Waals surface area contributed by atoms with E-state index >= 15 is 0 Å². The molecule has 0 aliphatic heterocycles. The Balaban J connectivity index is 1.92. The van der Waals surface area contributed by atoms with Crippen LogP contribution in [0.15, 0.2) is 28.7 Å². The van der Waals surface area contributed by atoms with E-state index in [0.717, 1.165) is 16.6 Å². The van der Waals surface area contributed by atoms with Gasteiger partial charge in [-0.2, -0.15) is 0 Å². The van der Waals surface area contributed by atoms with Crippen molar-refractivity contribution in [3.05, 3.63) is 34.3 Å². The zero-order chi connectivity index (χ0) is 13.8. The maximum absolute atomic E-state index is 12.3. The van der Waals surface area contributed by atoms with Gasteiger partial charge in [-0.05, 0) is 43.9 Å². The molecule has 0 amide bonds. The molecule has 0 saturated heterocycles. The molecule has 0 aromatic heterocycles. The molecular weight excluding hydrogens is 302 g/mol. The number of hydrogen-bond acceptors (Lipinski definition) is 2. The van der Waals surface area contributed by atoms with E-state index in [1.807, 2.05) is 24.3 Å². The maximum Gasteiger partial charge on any atom is 0.176 e. The second kappa shape index (κ2) is 6.67. The highest BCUT2D eigenvalue weighted by molar-refractivity contribution is 9.10. The Morgan fingerprint density at radius 2 is 1.95 bits per heavy atom. The Hall–Kier alpha value is -0.670. The molecule has 0 bridgehead atoms. The van der Waals surface area contributed by atoms with E-state index in [2.05, 4.69) is 34.7 Å². The number of benzene rings is 1. The summed E-state index contributed by atoms with van der Waals surface area (Å²) in [6.07, 6.45) is 3.68. The first-order valence-electron chi connectivity index (χ1n) is 7.09. The highest BCUT2D eigenvalue weighted by atomic mass is 79.9. The number of nitrogens with zero attached hydrogens (tertiary/aromatic N) is 1. The van der Waals surface area contributed by atoms with E-state index in [-0.39, 0.29) is 5.78 Å². The molecule has 3 heteroatoms. The van der Waals surface area contributed by atoms with Crippen molar-refractivity contribution < 1.29 is 4.79 Å². The van der Waals surface area contributed by atoms with Crippen molar-refractivity contribution in [3.8, 4) is 0 Å². The van der Waals surface area contributed by atoms with Crippen LogP contribution in [0.25, 0.3) is 0 Å². The summed E-state index contributed by atoms with van der Waals surface area (Å²) in [6.45, 7) is 6.09. The Morgan fingerprint density at radius 3 is 2.47 bits per heavy atom. The first kappa shape index (κ1) is 14.7. The largest absolute Gasteiger partial charge is 0.293 e. The van der Waals surface area contributed by atoms with Crippen molar-refractivity contribution >= 4 is 21.7 Å². The molecule has 2 rings (SSSR count). The molecular formula is C16H22BrNO. The summed E-state index contributed by atoms with van der Waals surface area (Å²) in [5.74, 6) is 0.937. The van der Waals surface area contributed by atoms with Crippen molar-refractivity contribution in [2.75, 3.05) is 13.1 Å². The third-order valence-electron chi connectivity index (χ3n) is 3.57. The zero-order valence-electron chi connectivity index (χ0n) is 11.7. The Labute approximate surface area is 124 Å². The maximum atomic E-state index is 12.3. The molecule has 0 unspecified atom stereocenters. The first-order valence-corrected chi connectivity index (χ1v) is 7.88. The van der Waals surface area contributed by atoms with Crippen molar-refractivity contribution in [2.45, 2.75) is 39.2 Å². The minimum absolute atomic E-state index is 0.239. The Morgan fingerprint density at radius 1 is 1.32 bits per heavy atom. The monoisotopic (exact) mass is 323 g/mol. The quantitative estimate of drug-likeness (QED) is 0.703. The third-order valence-corrected chi connectivity index (χ3v) is 4.10. The van der Waals surface area contributed by atoms with Gasteiger partial charge in [0, 0.05) is 16.1 Å². The molecule has 0 heterocycles.